The summed E-state index contributed by atoms with van der Waals surface area (Å²) in [6.07, 6.45) is 9.59. The fourth-order valence-electron chi connectivity index (χ4n) is 3.93. The first kappa shape index (κ1) is 20.8. The monoisotopic (exact) mass is 463 g/mol. The Bertz CT molecular complexity index is 1500. The largest absolute Gasteiger partial charge is 0.454 e. The molecule has 5 aromatic rings. The lowest BCUT2D eigenvalue weighted by molar-refractivity contribution is 0.102. The van der Waals surface area contributed by atoms with E-state index in [1.807, 2.05) is 48.5 Å². The van der Waals surface area contributed by atoms with Gasteiger partial charge in [0.2, 0.25) is 0 Å². The fraction of sp³-hybridized carbons (Fsp3) is 0.115. The lowest BCUT2D eigenvalue weighted by atomic mass is 10.0. The van der Waals surface area contributed by atoms with Gasteiger partial charge in [0, 0.05) is 36.4 Å². The molecule has 0 saturated carbocycles. The molecule has 9 heteroatoms. The standard InChI is InChI=1S/C26H21N7O2/c34-26(30-19-5-7-24(29-14-19)33-9-2-10-33)25-22-12-17(4-6-23(22)31-32-25)18-11-21(16-28-13-18)35-20-3-1-8-27-15-20/h1,3-8,11-16H,2,9-10H2,(H,30,34)(H,31,32). The summed E-state index contributed by atoms with van der Waals surface area (Å²) < 4.78 is 5.86. The molecule has 0 radical (unpaired) electrons. The van der Waals surface area contributed by atoms with Crippen molar-refractivity contribution in [2.45, 2.75) is 6.42 Å². The maximum atomic E-state index is 13.0. The molecule has 35 heavy (non-hydrogen) atoms. The SMILES string of the molecule is O=C(Nc1ccc(N2CCC2)nc1)c1n[nH]c2ccc(-c3cncc(Oc4cccnc4)c3)cc12. The number of hydrogen-bond donors (Lipinski definition) is 2. The maximum Gasteiger partial charge on any atom is 0.276 e. The Kier molecular flexibility index (Phi) is 5.27. The zero-order valence-electron chi connectivity index (χ0n) is 18.7. The number of amides is 1. The van der Waals surface area contributed by atoms with Crippen LogP contribution in [0.15, 0.2) is 79.5 Å². The number of hydrogen-bond acceptors (Lipinski definition) is 7. The summed E-state index contributed by atoms with van der Waals surface area (Å²) in [6, 6.07) is 15.1. The first-order valence-electron chi connectivity index (χ1n) is 11.3. The van der Waals surface area contributed by atoms with Crippen LogP contribution in [0.4, 0.5) is 11.5 Å². The molecule has 0 spiro atoms. The second-order valence-electron chi connectivity index (χ2n) is 8.23. The summed E-state index contributed by atoms with van der Waals surface area (Å²) >= 11 is 0. The molecule has 0 atom stereocenters. The van der Waals surface area contributed by atoms with Gasteiger partial charge in [-0.3, -0.25) is 19.9 Å². The van der Waals surface area contributed by atoms with Crippen LogP contribution in [0.5, 0.6) is 11.5 Å². The van der Waals surface area contributed by atoms with Crippen molar-refractivity contribution in [1.29, 1.82) is 0 Å². The van der Waals surface area contributed by atoms with Crippen molar-refractivity contribution in [3.8, 4) is 22.6 Å². The van der Waals surface area contributed by atoms with Crippen LogP contribution in [0.1, 0.15) is 16.9 Å². The van der Waals surface area contributed by atoms with E-state index in [0.29, 0.717) is 28.3 Å². The zero-order chi connectivity index (χ0) is 23.6. The van der Waals surface area contributed by atoms with Crippen molar-refractivity contribution in [1.82, 2.24) is 25.1 Å². The first-order chi connectivity index (χ1) is 17.2. The Labute approximate surface area is 200 Å². The summed E-state index contributed by atoms with van der Waals surface area (Å²) in [5.41, 5.74) is 3.44. The van der Waals surface area contributed by atoms with Gasteiger partial charge in [-0.15, -0.1) is 0 Å². The van der Waals surface area contributed by atoms with Crippen molar-refractivity contribution < 1.29 is 9.53 Å². The normalized spacial score (nSPS) is 12.9. The molecule has 6 rings (SSSR count). The quantitative estimate of drug-likeness (QED) is 0.377. The van der Waals surface area contributed by atoms with Gasteiger partial charge in [-0.2, -0.15) is 5.10 Å². The van der Waals surface area contributed by atoms with Gasteiger partial charge < -0.3 is 15.0 Å². The van der Waals surface area contributed by atoms with Crippen molar-refractivity contribution in [2.24, 2.45) is 0 Å². The predicted molar refractivity (Wildman–Crippen MR) is 133 cm³/mol. The minimum absolute atomic E-state index is 0.307. The van der Waals surface area contributed by atoms with Crippen LogP contribution >= 0.6 is 0 Å². The highest BCUT2D eigenvalue weighted by Gasteiger charge is 2.18. The Morgan fingerprint density at radius 3 is 2.63 bits per heavy atom. The molecule has 1 aliphatic heterocycles. The number of ether oxygens (including phenoxy) is 1. The van der Waals surface area contributed by atoms with Crippen LogP contribution in [0.25, 0.3) is 22.0 Å². The topological polar surface area (TPSA) is 109 Å². The Hall–Kier alpha value is -4.79. The van der Waals surface area contributed by atoms with Gasteiger partial charge in [-0.25, -0.2) is 4.98 Å². The number of rotatable bonds is 6. The average Bonchev–Trinajstić information content (AvgIpc) is 3.28. The molecular formula is C26H21N7O2. The number of fused-ring (bicyclic) bond motifs is 1. The number of pyridine rings is 3. The highest BCUT2D eigenvalue weighted by molar-refractivity contribution is 6.11. The predicted octanol–water partition coefficient (Wildman–Crippen LogP) is 4.67. The molecule has 1 saturated heterocycles. The number of carbonyl (C=O) groups excluding carboxylic acids is 1. The molecule has 172 valence electrons. The van der Waals surface area contributed by atoms with Gasteiger partial charge in [0.1, 0.15) is 17.3 Å². The lowest BCUT2D eigenvalue weighted by Gasteiger charge is -2.31. The molecule has 2 N–H and O–H groups in total. The van der Waals surface area contributed by atoms with Gasteiger partial charge >= 0.3 is 0 Å². The van der Waals surface area contributed by atoms with E-state index in [9.17, 15) is 4.79 Å². The summed E-state index contributed by atoms with van der Waals surface area (Å²) in [4.78, 5) is 28.0. The van der Waals surface area contributed by atoms with E-state index in [2.05, 4.69) is 35.4 Å². The minimum Gasteiger partial charge on any atom is -0.454 e. The van der Waals surface area contributed by atoms with Crippen LogP contribution in [0, 0.1) is 0 Å². The summed E-state index contributed by atoms with van der Waals surface area (Å²) in [7, 11) is 0. The molecule has 5 heterocycles. The fourth-order valence-corrected chi connectivity index (χ4v) is 3.93. The van der Waals surface area contributed by atoms with Gasteiger partial charge in [0.25, 0.3) is 5.91 Å². The number of nitrogens with zero attached hydrogens (tertiary/aromatic N) is 5. The van der Waals surface area contributed by atoms with E-state index in [0.717, 1.165) is 35.6 Å². The highest BCUT2D eigenvalue weighted by atomic mass is 16.5. The summed E-state index contributed by atoms with van der Waals surface area (Å²) in [5, 5.41) is 10.8. The van der Waals surface area contributed by atoms with E-state index in [4.69, 9.17) is 4.74 Å². The average molecular weight is 464 g/mol. The van der Waals surface area contributed by atoms with Crippen molar-refractivity contribution in [2.75, 3.05) is 23.3 Å². The number of H-pyrrole nitrogens is 1. The van der Waals surface area contributed by atoms with E-state index < -0.39 is 0 Å². The molecule has 0 bridgehead atoms. The molecule has 1 amide bonds. The van der Waals surface area contributed by atoms with Crippen LogP contribution in [-0.2, 0) is 0 Å². The van der Waals surface area contributed by atoms with Gasteiger partial charge in [-0.1, -0.05) is 6.07 Å². The molecular weight excluding hydrogens is 442 g/mol. The molecule has 4 aromatic heterocycles. The van der Waals surface area contributed by atoms with Crippen molar-refractivity contribution >= 4 is 28.3 Å². The smallest absolute Gasteiger partial charge is 0.276 e. The second kappa shape index (κ2) is 8.86. The van der Waals surface area contributed by atoms with Crippen molar-refractivity contribution in [3.63, 3.8) is 0 Å². The molecule has 0 aliphatic carbocycles. The molecule has 0 unspecified atom stereocenters. The maximum absolute atomic E-state index is 13.0. The van der Waals surface area contributed by atoms with Gasteiger partial charge in [-0.05, 0) is 54.4 Å². The Balaban J connectivity index is 1.24. The van der Waals surface area contributed by atoms with Crippen LogP contribution in [0.3, 0.4) is 0 Å². The number of anilines is 2. The Morgan fingerprint density at radius 2 is 1.86 bits per heavy atom. The van der Waals surface area contributed by atoms with E-state index in [1.165, 1.54) is 6.42 Å². The third kappa shape index (κ3) is 4.26. The summed E-state index contributed by atoms with van der Waals surface area (Å²) in [5.74, 6) is 1.84. The van der Waals surface area contributed by atoms with Crippen LogP contribution in [-0.4, -0.2) is 44.1 Å². The molecule has 1 fully saturated rings. The van der Waals surface area contributed by atoms with E-state index in [-0.39, 0.29) is 5.91 Å². The number of benzene rings is 1. The van der Waals surface area contributed by atoms with E-state index >= 15 is 0 Å². The zero-order valence-corrected chi connectivity index (χ0v) is 18.7. The first-order valence-corrected chi connectivity index (χ1v) is 11.3. The van der Waals surface area contributed by atoms with Crippen molar-refractivity contribution in [3.05, 3.63) is 85.2 Å². The molecule has 9 nitrogen and oxygen atoms in total. The number of aromatic amines is 1. The Morgan fingerprint density at radius 1 is 0.943 bits per heavy atom. The number of nitrogens with one attached hydrogen (secondary N) is 2. The number of carbonyl (C=O) groups is 1. The third-order valence-corrected chi connectivity index (χ3v) is 5.88. The highest BCUT2D eigenvalue weighted by Crippen LogP contribution is 2.29. The van der Waals surface area contributed by atoms with Gasteiger partial charge in [0.05, 0.1) is 29.8 Å². The van der Waals surface area contributed by atoms with Crippen LogP contribution < -0.4 is 15.0 Å². The lowest BCUT2D eigenvalue weighted by Crippen LogP contribution is -2.37. The van der Waals surface area contributed by atoms with E-state index in [1.54, 1.807) is 31.0 Å². The number of aromatic nitrogens is 5. The third-order valence-electron chi connectivity index (χ3n) is 5.88. The molecule has 1 aromatic carbocycles. The minimum atomic E-state index is -0.307. The van der Waals surface area contributed by atoms with Gasteiger partial charge in [0.15, 0.2) is 5.69 Å². The summed E-state index contributed by atoms with van der Waals surface area (Å²) in [6.45, 7) is 2.04. The van der Waals surface area contributed by atoms with Crippen LogP contribution in [0.2, 0.25) is 0 Å². The molecule has 1 aliphatic rings. The second-order valence-corrected chi connectivity index (χ2v) is 8.23.